The van der Waals surface area contributed by atoms with Gasteiger partial charge in [0.1, 0.15) is 10.0 Å². The zero-order valence-electron chi connectivity index (χ0n) is 19.3. The Hall–Kier alpha value is -1.76. The Morgan fingerprint density at radius 1 is 1.24 bits per heavy atom. The van der Waals surface area contributed by atoms with Crippen molar-refractivity contribution in [3.8, 4) is 5.19 Å². The molecule has 1 saturated carbocycles. The first-order valence-corrected chi connectivity index (χ1v) is 13.3. The highest BCUT2D eigenvalue weighted by Crippen LogP contribution is 2.32. The Bertz CT molecular complexity index is 957. The van der Waals surface area contributed by atoms with Crippen molar-refractivity contribution in [3.05, 3.63) is 20.6 Å². The second-order valence-corrected chi connectivity index (χ2v) is 11.4. The largest absolute Gasteiger partial charge is 0.464 e. The lowest BCUT2D eigenvalue weighted by Gasteiger charge is -2.31. The number of carbonyl (C=O) groups excluding carboxylic acids is 1. The zero-order chi connectivity index (χ0) is 24.1. The van der Waals surface area contributed by atoms with E-state index in [4.69, 9.17) is 9.84 Å². The van der Waals surface area contributed by atoms with Crippen LogP contribution in [-0.2, 0) is 30.8 Å². The van der Waals surface area contributed by atoms with Gasteiger partial charge in [0.2, 0.25) is 5.91 Å². The molecule has 2 N–H and O–H groups in total. The number of fused-ring (bicyclic) bond motifs is 1. The highest BCUT2D eigenvalue weighted by atomic mass is 32.1. The summed E-state index contributed by atoms with van der Waals surface area (Å²) in [5, 5.41) is 21.4. The molecule has 0 bridgehead atoms. The molecule has 2 aliphatic rings. The van der Waals surface area contributed by atoms with Gasteiger partial charge in [-0.2, -0.15) is 0 Å². The molecule has 2 aromatic heterocycles. The van der Waals surface area contributed by atoms with Crippen LogP contribution in [0.2, 0.25) is 0 Å². The third-order valence-corrected chi connectivity index (χ3v) is 8.24. The molecule has 0 saturated heterocycles. The van der Waals surface area contributed by atoms with Crippen LogP contribution in [0, 0.1) is 5.92 Å². The number of nitrogens with zero attached hydrogens (tertiary/aromatic N) is 4. The van der Waals surface area contributed by atoms with Crippen LogP contribution >= 0.6 is 22.7 Å². The van der Waals surface area contributed by atoms with Gasteiger partial charge in [0.05, 0.1) is 18.7 Å². The Morgan fingerprint density at radius 2 is 2.00 bits per heavy atom. The number of amides is 1. The quantitative estimate of drug-likeness (QED) is 0.501. The van der Waals surface area contributed by atoms with Gasteiger partial charge >= 0.3 is 0 Å². The molecule has 3 heterocycles. The first kappa shape index (κ1) is 25.3. The van der Waals surface area contributed by atoms with E-state index in [1.807, 2.05) is 0 Å². The van der Waals surface area contributed by atoms with E-state index in [1.54, 1.807) is 0 Å². The maximum Gasteiger partial charge on any atom is 0.278 e. The number of thiazole rings is 1. The maximum absolute atomic E-state index is 13.0. The van der Waals surface area contributed by atoms with Crippen LogP contribution in [0.1, 0.15) is 59.6 Å². The summed E-state index contributed by atoms with van der Waals surface area (Å²) >= 11 is 2.65. The van der Waals surface area contributed by atoms with Gasteiger partial charge in [-0.3, -0.25) is 9.69 Å². The van der Waals surface area contributed by atoms with Gasteiger partial charge in [-0.05, 0) is 51.0 Å². The van der Waals surface area contributed by atoms with Gasteiger partial charge in [-0.1, -0.05) is 22.7 Å². The van der Waals surface area contributed by atoms with Crippen LogP contribution < -0.4 is 10.1 Å². The molecule has 0 aromatic carbocycles. The minimum Gasteiger partial charge on any atom is -0.464 e. The summed E-state index contributed by atoms with van der Waals surface area (Å²) in [6, 6.07) is 0.204. The second kappa shape index (κ2) is 11.3. The molecule has 1 fully saturated rings. The Kier molecular flexibility index (Phi) is 8.43. The first-order chi connectivity index (χ1) is 16.3. The molecule has 188 valence electrons. The monoisotopic (exact) mass is 515 g/mol. The number of nitrogens with one attached hydrogen (secondary N) is 1. The highest BCUT2D eigenvalue weighted by Gasteiger charge is 2.27. The van der Waals surface area contributed by atoms with Crippen LogP contribution in [0.25, 0.3) is 0 Å². The summed E-state index contributed by atoms with van der Waals surface area (Å²) in [6.45, 7) is 2.74. The SMILES string of the molecule is CC(F)(F)COc1nc2c(s1)CCN(CC[C@H]1CC[C@H](NC(=O)Cc3nnc(CO)s3)CC1)C2. The average molecular weight is 516 g/mol. The molecule has 12 heteroatoms. The summed E-state index contributed by atoms with van der Waals surface area (Å²) in [5.41, 5.74) is 0.957. The normalized spacial score (nSPS) is 21.3. The topological polar surface area (TPSA) is 100 Å². The number of carbonyl (C=O) groups is 1. The van der Waals surface area contributed by atoms with E-state index in [9.17, 15) is 13.6 Å². The van der Waals surface area contributed by atoms with Crippen LogP contribution in [0.15, 0.2) is 0 Å². The fraction of sp³-hybridized carbons (Fsp3) is 0.727. The van der Waals surface area contributed by atoms with E-state index in [0.717, 1.165) is 75.7 Å². The summed E-state index contributed by atoms with van der Waals surface area (Å²) in [4.78, 5) is 20.3. The molecular weight excluding hydrogens is 484 g/mol. The molecule has 0 radical (unpaired) electrons. The number of hydrogen-bond donors (Lipinski definition) is 2. The van der Waals surface area contributed by atoms with Crippen molar-refractivity contribution >= 4 is 28.6 Å². The number of halogens is 2. The van der Waals surface area contributed by atoms with Gasteiger partial charge in [0.25, 0.3) is 11.1 Å². The summed E-state index contributed by atoms with van der Waals surface area (Å²) in [6.07, 6.45) is 6.35. The lowest BCUT2D eigenvalue weighted by molar-refractivity contribution is -0.121. The van der Waals surface area contributed by atoms with Crippen LogP contribution in [0.3, 0.4) is 0 Å². The Labute approximate surface area is 205 Å². The summed E-state index contributed by atoms with van der Waals surface area (Å²) < 4.78 is 31.2. The summed E-state index contributed by atoms with van der Waals surface area (Å²) in [5.74, 6) is -2.25. The zero-order valence-corrected chi connectivity index (χ0v) is 20.9. The van der Waals surface area contributed by atoms with E-state index < -0.39 is 12.5 Å². The molecule has 34 heavy (non-hydrogen) atoms. The van der Waals surface area contributed by atoms with Crippen molar-refractivity contribution in [2.45, 2.75) is 77.0 Å². The van der Waals surface area contributed by atoms with Crippen LogP contribution in [0.4, 0.5) is 8.78 Å². The number of aromatic nitrogens is 3. The van der Waals surface area contributed by atoms with E-state index in [-0.39, 0.29) is 25.0 Å². The van der Waals surface area contributed by atoms with E-state index in [2.05, 4.69) is 25.4 Å². The number of aliphatic hydroxyl groups excluding tert-OH is 1. The molecule has 2 aromatic rings. The van der Waals surface area contributed by atoms with Crippen molar-refractivity contribution < 1.29 is 23.4 Å². The van der Waals surface area contributed by atoms with Gasteiger partial charge in [-0.15, -0.1) is 10.2 Å². The van der Waals surface area contributed by atoms with E-state index >= 15 is 0 Å². The molecule has 0 atom stereocenters. The molecule has 8 nitrogen and oxygen atoms in total. The van der Waals surface area contributed by atoms with Crippen molar-refractivity contribution in [1.29, 1.82) is 0 Å². The van der Waals surface area contributed by atoms with Crippen molar-refractivity contribution in [3.63, 3.8) is 0 Å². The average Bonchev–Trinajstić information content (AvgIpc) is 3.42. The van der Waals surface area contributed by atoms with Gasteiger partial charge < -0.3 is 15.2 Å². The second-order valence-electron chi connectivity index (χ2n) is 9.23. The van der Waals surface area contributed by atoms with Crippen molar-refractivity contribution in [2.75, 3.05) is 19.7 Å². The number of hydrogen-bond acceptors (Lipinski definition) is 9. The fourth-order valence-corrected chi connectivity index (χ4v) is 6.08. The molecule has 1 aliphatic heterocycles. The fourth-order valence-electron chi connectivity index (χ4n) is 4.47. The minimum absolute atomic E-state index is 0.0394. The molecule has 1 amide bonds. The third kappa shape index (κ3) is 7.37. The smallest absolute Gasteiger partial charge is 0.278 e. The standard InChI is InChI=1S/C22H31F2N5O3S2/c1-22(23,24)13-32-21-26-16-11-29(9-7-17(16)33-21)8-6-14-2-4-15(5-3-14)25-18(31)10-19-27-28-20(12-30)34-19/h14-15,30H,2-13H2,1H3,(H,25,31)/t14-,15-. The van der Waals surface area contributed by atoms with Gasteiger partial charge in [0.15, 0.2) is 6.61 Å². The lowest BCUT2D eigenvalue weighted by atomic mass is 9.84. The van der Waals surface area contributed by atoms with Gasteiger partial charge in [-0.25, -0.2) is 13.8 Å². The Morgan fingerprint density at radius 3 is 2.71 bits per heavy atom. The molecule has 1 aliphatic carbocycles. The number of alkyl halides is 2. The predicted molar refractivity (Wildman–Crippen MR) is 125 cm³/mol. The van der Waals surface area contributed by atoms with E-state index in [0.29, 0.717) is 21.1 Å². The van der Waals surface area contributed by atoms with Crippen LogP contribution in [0.5, 0.6) is 5.19 Å². The first-order valence-electron chi connectivity index (χ1n) is 11.7. The molecular formula is C22H31F2N5O3S2. The number of rotatable bonds is 10. The van der Waals surface area contributed by atoms with Crippen molar-refractivity contribution in [1.82, 2.24) is 25.4 Å². The van der Waals surface area contributed by atoms with E-state index in [1.165, 1.54) is 22.7 Å². The molecule has 0 unspecified atom stereocenters. The summed E-state index contributed by atoms with van der Waals surface area (Å²) in [7, 11) is 0. The third-order valence-electron chi connectivity index (χ3n) is 6.26. The molecule has 4 rings (SSSR count). The number of aliphatic hydroxyl groups is 1. The predicted octanol–water partition coefficient (Wildman–Crippen LogP) is 3.19. The van der Waals surface area contributed by atoms with Crippen LogP contribution in [-0.4, -0.2) is 62.8 Å². The van der Waals surface area contributed by atoms with Crippen molar-refractivity contribution in [2.24, 2.45) is 5.92 Å². The Balaban J connectivity index is 1.14. The minimum atomic E-state index is -2.86. The van der Waals surface area contributed by atoms with Gasteiger partial charge in [0, 0.05) is 30.9 Å². The molecule has 0 spiro atoms. The highest BCUT2D eigenvalue weighted by molar-refractivity contribution is 7.13. The lowest BCUT2D eigenvalue weighted by Crippen LogP contribution is -2.39. The maximum atomic E-state index is 13.0. The number of ether oxygens (including phenoxy) is 1.